The van der Waals surface area contributed by atoms with Gasteiger partial charge in [-0.15, -0.1) is 0 Å². The summed E-state index contributed by atoms with van der Waals surface area (Å²) in [6.45, 7) is 5.89. The summed E-state index contributed by atoms with van der Waals surface area (Å²) >= 11 is 0. The minimum absolute atomic E-state index is 0.133. The summed E-state index contributed by atoms with van der Waals surface area (Å²) in [7, 11) is 0. The maximum atomic E-state index is 13.5. The van der Waals surface area contributed by atoms with Crippen LogP contribution in [0.15, 0.2) is 12.2 Å². The average molecular weight is 1330 g/mol. The number of esters is 1. The van der Waals surface area contributed by atoms with Crippen molar-refractivity contribution in [2.45, 2.75) is 494 Å². The molecule has 1 rings (SSSR count). The summed E-state index contributed by atoms with van der Waals surface area (Å²) in [4.78, 5) is 26.8. The lowest BCUT2D eigenvalue weighted by Gasteiger charge is -2.41. The van der Waals surface area contributed by atoms with Crippen molar-refractivity contribution in [1.82, 2.24) is 5.32 Å². The predicted octanol–water partition coefficient (Wildman–Crippen LogP) is 22.9. The molecule has 1 amide bonds. The van der Waals surface area contributed by atoms with Crippen molar-refractivity contribution in [2.75, 3.05) is 13.2 Å². The van der Waals surface area contributed by atoms with Gasteiger partial charge in [0.1, 0.15) is 24.4 Å². The quantitative estimate of drug-likeness (QED) is 0.0195. The minimum atomic E-state index is -1.61. The van der Waals surface area contributed by atoms with Gasteiger partial charge in [0.2, 0.25) is 5.91 Å². The number of amides is 1. The second-order valence-electron chi connectivity index (χ2n) is 29.6. The molecule has 0 bridgehead atoms. The molecule has 6 N–H and O–H groups in total. The van der Waals surface area contributed by atoms with E-state index in [-0.39, 0.29) is 13.0 Å². The van der Waals surface area contributed by atoms with E-state index in [1.54, 1.807) is 6.08 Å². The molecule has 1 fully saturated rings. The number of aliphatic hydroxyl groups excluding tert-OH is 5. The van der Waals surface area contributed by atoms with Crippen molar-refractivity contribution < 1.29 is 49.3 Å². The molecule has 94 heavy (non-hydrogen) atoms. The lowest BCUT2D eigenvalue weighted by molar-refractivity contribution is -0.305. The van der Waals surface area contributed by atoms with Gasteiger partial charge in [-0.25, -0.2) is 0 Å². The number of carbonyl (C=O) groups excluding carboxylic acids is 2. The Balaban J connectivity index is 2.44. The predicted molar refractivity (Wildman–Crippen MR) is 398 cm³/mol. The number of carbonyl (C=O) groups is 2. The molecule has 11 nitrogen and oxygen atoms in total. The lowest BCUT2D eigenvalue weighted by atomic mass is 9.99. The molecule has 1 aliphatic rings. The maximum absolute atomic E-state index is 13.5. The highest BCUT2D eigenvalue weighted by Gasteiger charge is 2.47. The van der Waals surface area contributed by atoms with Crippen molar-refractivity contribution >= 4 is 11.9 Å². The summed E-state index contributed by atoms with van der Waals surface area (Å²) in [5, 5.41) is 57.5. The fourth-order valence-electron chi connectivity index (χ4n) is 13.9. The topological polar surface area (TPSA) is 175 Å². The molecule has 11 heteroatoms. The number of unbranched alkanes of at least 4 members (excludes halogenated alkanes) is 61. The number of rotatable bonds is 75. The molecule has 0 aliphatic carbocycles. The summed E-state index contributed by atoms with van der Waals surface area (Å²) in [5.74, 6) is -1.16. The molecule has 0 radical (unpaired) electrons. The third-order valence-electron chi connectivity index (χ3n) is 20.4. The van der Waals surface area contributed by atoms with E-state index in [0.717, 1.165) is 57.8 Å². The lowest BCUT2D eigenvalue weighted by Crippen LogP contribution is -2.61. The fourth-order valence-corrected chi connectivity index (χ4v) is 13.9. The molecule has 8 atom stereocenters. The van der Waals surface area contributed by atoms with Gasteiger partial charge in [0, 0.05) is 6.42 Å². The van der Waals surface area contributed by atoms with Crippen LogP contribution in [0, 0.1) is 0 Å². The number of hydrogen-bond donors (Lipinski definition) is 6. The Bertz CT molecular complexity index is 1580. The Hall–Kier alpha value is -1.60. The third-order valence-corrected chi connectivity index (χ3v) is 20.4. The number of nitrogens with one attached hydrogen (secondary N) is 1. The SMILES string of the molecule is CCCCCCCCCCCC/C=C/C(O)C(COC1OC(CO)C(O)C(O)C1OC(=O)CCCCCCCCCCCCCCCCCCCCCCCCCCCCC)NC(=O)C(O)CCCCCCCCCCCCCCCCCCCCCCCCCCCC. The first-order valence-corrected chi connectivity index (χ1v) is 42.0. The first-order valence-electron chi connectivity index (χ1n) is 42.0. The smallest absolute Gasteiger partial charge is 0.306 e. The van der Waals surface area contributed by atoms with Crippen molar-refractivity contribution in [3.63, 3.8) is 0 Å². The van der Waals surface area contributed by atoms with E-state index in [2.05, 4.69) is 26.1 Å². The van der Waals surface area contributed by atoms with Crippen LogP contribution in [0.5, 0.6) is 0 Å². The zero-order valence-electron chi connectivity index (χ0n) is 62.6. The number of aliphatic hydroxyl groups is 5. The first-order chi connectivity index (χ1) is 46.2. The van der Waals surface area contributed by atoms with Crippen LogP contribution in [0.25, 0.3) is 0 Å². The molecule has 8 unspecified atom stereocenters. The summed E-state index contributed by atoms with van der Waals surface area (Å²) < 4.78 is 17.8. The van der Waals surface area contributed by atoms with E-state index >= 15 is 0 Å². The van der Waals surface area contributed by atoms with Crippen molar-refractivity contribution in [1.29, 1.82) is 0 Å². The Labute approximate surface area is 582 Å². The molecule has 1 aliphatic heterocycles. The number of allylic oxidation sites excluding steroid dienone is 1. The van der Waals surface area contributed by atoms with Gasteiger partial charge in [-0.3, -0.25) is 9.59 Å². The second-order valence-corrected chi connectivity index (χ2v) is 29.6. The second kappa shape index (κ2) is 71.2. The van der Waals surface area contributed by atoms with Crippen molar-refractivity contribution in [2.24, 2.45) is 0 Å². The van der Waals surface area contributed by atoms with E-state index < -0.39 is 67.4 Å². The van der Waals surface area contributed by atoms with E-state index in [0.29, 0.717) is 19.3 Å². The van der Waals surface area contributed by atoms with Crippen LogP contribution >= 0.6 is 0 Å². The molecule has 0 aromatic rings. The van der Waals surface area contributed by atoms with Crippen molar-refractivity contribution in [3.8, 4) is 0 Å². The average Bonchev–Trinajstić information content (AvgIpc) is 0.823. The summed E-state index contributed by atoms with van der Waals surface area (Å²) in [6.07, 6.45) is 77.2. The minimum Gasteiger partial charge on any atom is -0.454 e. The highest BCUT2D eigenvalue weighted by Crippen LogP contribution is 2.27. The Morgan fingerprint density at radius 3 is 1.00 bits per heavy atom. The maximum Gasteiger partial charge on any atom is 0.306 e. The fraction of sp³-hybridized carbons (Fsp3) is 0.952. The van der Waals surface area contributed by atoms with E-state index in [9.17, 15) is 35.1 Å². The molecule has 1 saturated heterocycles. The van der Waals surface area contributed by atoms with E-state index in [1.807, 2.05) is 6.08 Å². The summed E-state index contributed by atoms with van der Waals surface area (Å²) in [5.41, 5.74) is 0. The van der Waals surface area contributed by atoms with Crippen LogP contribution in [-0.2, 0) is 23.8 Å². The Kier molecular flexibility index (Phi) is 68.5. The van der Waals surface area contributed by atoms with E-state index in [4.69, 9.17) is 14.2 Å². The zero-order chi connectivity index (χ0) is 68.1. The van der Waals surface area contributed by atoms with Crippen LogP contribution in [-0.4, -0.2) is 99.6 Å². The van der Waals surface area contributed by atoms with Gasteiger partial charge in [0.25, 0.3) is 0 Å². The van der Waals surface area contributed by atoms with Crippen LogP contribution in [0.2, 0.25) is 0 Å². The van der Waals surface area contributed by atoms with Gasteiger partial charge in [-0.05, 0) is 25.7 Å². The van der Waals surface area contributed by atoms with Gasteiger partial charge in [0.15, 0.2) is 12.4 Å². The molecule has 0 aromatic heterocycles. The van der Waals surface area contributed by atoms with Crippen molar-refractivity contribution in [3.05, 3.63) is 12.2 Å². The number of ether oxygens (including phenoxy) is 3. The Morgan fingerprint density at radius 2 is 0.691 bits per heavy atom. The third kappa shape index (κ3) is 57.2. The van der Waals surface area contributed by atoms with Gasteiger partial charge in [-0.1, -0.05) is 425 Å². The van der Waals surface area contributed by atoms with Gasteiger partial charge in [-0.2, -0.15) is 0 Å². The zero-order valence-corrected chi connectivity index (χ0v) is 62.6. The molecular formula is C83H161NO10. The van der Waals surface area contributed by atoms with Gasteiger partial charge < -0.3 is 45.1 Å². The van der Waals surface area contributed by atoms with Crippen LogP contribution in [0.1, 0.15) is 445 Å². The van der Waals surface area contributed by atoms with Crippen LogP contribution in [0.4, 0.5) is 0 Å². The number of hydrogen-bond acceptors (Lipinski definition) is 10. The largest absolute Gasteiger partial charge is 0.454 e. The van der Waals surface area contributed by atoms with Crippen LogP contribution in [0.3, 0.4) is 0 Å². The monoisotopic (exact) mass is 1330 g/mol. The molecule has 1 heterocycles. The highest BCUT2D eigenvalue weighted by molar-refractivity contribution is 5.80. The van der Waals surface area contributed by atoms with Gasteiger partial charge >= 0.3 is 5.97 Å². The normalized spacial score (nSPS) is 17.7. The molecule has 0 aromatic carbocycles. The molecular weight excluding hydrogens is 1170 g/mol. The molecule has 0 spiro atoms. The van der Waals surface area contributed by atoms with Gasteiger partial charge in [0.05, 0.1) is 25.4 Å². The standard InChI is InChI=1S/C83H161NO10/c1-4-7-10-13-16-19-22-25-27-29-31-33-35-37-39-41-43-45-47-49-51-53-56-59-62-65-68-71-78(88)94-81-80(90)79(89)77(72-85)93-83(81)92-73-74(75(86)69-66-63-60-57-54-24-21-18-15-12-9-6-3)84-82(91)76(87)70-67-64-61-58-55-52-50-48-46-44-42-40-38-36-34-32-30-28-26-23-20-17-14-11-8-5-2/h66,69,74-77,79-81,83,85-87,89-90H,4-65,67-68,70-73H2,1-3H3,(H,84,91)/b69-66+. The summed E-state index contributed by atoms with van der Waals surface area (Å²) in [6, 6.07) is -1.02. The first kappa shape index (κ1) is 90.4. The van der Waals surface area contributed by atoms with Crippen LogP contribution < -0.4 is 5.32 Å². The Morgan fingerprint density at radius 1 is 0.404 bits per heavy atom. The molecule has 558 valence electrons. The highest BCUT2D eigenvalue weighted by atomic mass is 16.7. The van der Waals surface area contributed by atoms with E-state index in [1.165, 1.54) is 340 Å². The molecule has 0 saturated carbocycles.